The molecule has 104 valence electrons. The highest BCUT2D eigenvalue weighted by Crippen LogP contribution is 2.26. The van der Waals surface area contributed by atoms with Crippen molar-refractivity contribution in [2.75, 3.05) is 10.6 Å². The van der Waals surface area contributed by atoms with E-state index in [2.05, 4.69) is 10.6 Å². The Morgan fingerprint density at radius 3 is 2.25 bits per heavy atom. The second kappa shape index (κ2) is 6.07. The quantitative estimate of drug-likeness (QED) is 0.811. The molecule has 0 spiro atoms. The minimum atomic E-state index is -0.873. The maximum atomic E-state index is 13.4. The summed E-state index contributed by atoms with van der Waals surface area (Å²) in [5.41, 5.74) is -0.264. The second-order valence-corrected chi connectivity index (χ2v) is 4.64. The van der Waals surface area contributed by atoms with Crippen molar-refractivity contribution in [1.82, 2.24) is 0 Å². The molecule has 2 aromatic carbocycles. The lowest BCUT2D eigenvalue weighted by atomic mass is 10.3. The molecule has 0 aromatic heterocycles. The molecule has 2 N–H and O–H groups in total. The summed E-state index contributed by atoms with van der Waals surface area (Å²) in [6.07, 6.45) is 0. The van der Waals surface area contributed by atoms with Gasteiger partial charge in [-0.2, -0.15) is 0 Å². The number of amides is 2. The van der Waals surface area contributed by atoms with Crippen molar-refractivity contribution in [1.29, 1.82) is 0 Å². The smallest absolute Gasteiger partial charge is 0.306 e. The van der Waals surface area contributed by atoms with Crippen molar-refractivity contribution in [2.24, 2.45) is 0 Å². The zero-order valence-electron chi connectivity index (χ0n) is 9.88. The average molecular weight is 317 g/mol. The normalized spacial score (nSPS) is 10.2. The first-order valence-electron chi connectivity index (χ1n) is 5.44. The zero-order chi connectivity index (χ0) is 14.7. The van der Waals surface area contributed by atoms with Crippen LogP contribution in [0.2, 0.25) is 10.0 Å². The van der Waals surface area contributed by atoms with Gasteiger partial charge in [0.05, 0.1) is 10.7 Å². The molecule has 3 nitrogen and oxygen atoms in total. The van der Waals surface area contributed by atoms with Crippen molar-refractivity contribution < 1.29 is 13.6 Å². The highest BCUT2D eigenvalue weighted by molar-refractivity contribution is 6.36. The first-order valence-corrected chi connectivity index (χ1v) is 6.20. The first kappa shape index (κ1) is 14.6. The minimum absolute atomic E-state index is 0.210. The summed E-state index contributed by atoms with van der Waals surface area (Å²) in [5.74, 6) is -1.75. The Labute approximate surface area is 123 Å². The van der Waals surface area contributed by atoms with Gasteiger partial charge in [0.15, 0.2) is 0 Å². The van der Waals surface area contributed by atoms with E-state index >= 15 is 0 Å². The summed E-state index contributed by atoms with van der Waals surface area (Å²) in [5, 5.41) is 5.06. The van der Waals surface area contributed by atoms with Crippen molar-refractivity contribution in [3.8, 4) is 0 Å². The summed E-state index contributed by atoms with van der Waals surface area (Å²) < 4.78 is 26.7. The molecule has 0 radical (unpaired) electrons. The summed E-state index contributed by atoms with van der Waals surface area (Å²) in [6.45, 7) is 0. The van der Waals surface area contributed by atoms with Gasteiger partial charge >= 0.3 is 6.03 Å². The van der Waals surface area contributed by atoms with Gasteiger partial charge in [0, 0.05) is 5.02 Å². The number of halogens is 4. The van der Waals surface area contributed by atoms with Crippen LogP contribution in [0.5, 0.6) is 0 Å². The van der Waals surface area contributed by atoms with Crippen LogP contribution in [0.3, 0.4) is 0 Å². The molecule has 20 heavy (non-hydrogen) atoms. The van der Waals surface area contributed by atoms with Crippen molar-refractivity contribution >= 4 is 40.6 Å². The maximum Gasteiger partial charge on any atom is 0.323 e. The van der Waals surface area contributed by atoms with Gasteiger partial charge in [-0.15, -0.1) is 0 Å². The van der Waals surface area contributed by atoms with Crippen LogP contribution in [0.15, 0.2) is 36.4 Å². The van der Waals surface area contributed by atoms with Gasteiger partial charge in [-0.25, -0.2) is 13.6 Å². The molecule has 0 aliphatic heterocycles. The van der Waals surface area contributed by atoms with Gasteiger partial charge < -0.3 is 10.6 Å². The van der Waals surface area contributed by atoms with Crippen LogP contribution in [0, 0.1) is 11.6 Å². The highest BCUT2D eigenvalue weighted by Gasteiger charge is 2.12. The van der Waals surface area contributed by atoms with E-state index in [4.69, 9.17) is 23.2 Å². The predicted molar refractivity (Wildman–Crippen MR) is 75.5 cm³/mol. The van der Waals surface area contributed by atoms with Crippen LogP contribution in [0.25, 0.3) is 0 Å². The van der Waals surface area contributed by atoms with Gasteiger partial charge in [0.25, 0.3) is 0 Å². The van der Waals surface area contributed by atoms with Crippen LogP contribution < -0.4 is 10.6 Å². The lowest BCUT2D eigenvalue weighted by Gasteiger charge is -2.10. The third kappa shape index (κ3) is 3.37. The van der Waals surface area contributed by atoms with Crippen molar-refractivity contribution in [2.45, 2.75) is 0 Å². The molecule has 7 heteroatoms. The van der Waals surface area contributed by atoms with E-state index in [1.807, 2.05) is 0 Å². The standard InChI is InChI=1S/C13H8Cl2F2N2O/c14-7-4-5-11(8(15)6-7)18-13(20)19-12-9(16)2-1-3-10(12)17/h1-6H,(H2,18,19,20). The third-order valence-corrected chi connectivity index (χ3v) is 2.93. The minimum Gasteiger partial charge on any atom is -0.306 e. The van der Waals surface area contributed by atoms with Crippen LogP contribution in [0.4, 0.5) is 25.0 Å². The Morgan fingerprint density at radius 1 is 1.00 bits per heavy atom. The number of anilines is 2. The first-order chi connectivity index (χ1) is 9.47. The molecule has 0 bridgehead atoms. The average Bonchev–Trinajstić information content (AvgIpc) is 2.37. The van der Waals surface area contributed by atoms with E-state index in [-0.39, 0.29) is 10.7 Å². The molecule has 0 aliphatic carbocycles. The number of para-hydroxylation sites is 1. The molecule has 2 rings (SSSR count). The summed E-state index contributed by atoms with van der Waals surface area (Å²) in [7, 11) is 0. The highest BCUT2D eigenvalue weighted by atomic mass is 35.5. The zero-order valence-corrected chi connectivity index (χ0v) is 11.4. The van der Waals surface area contributed by atoms with E-state index in [0.29, 0.717) is 5.02 Å². The fraction of sp³-hybridized carbons (Fsp3) is 0. The monoisotopic (exact) mass is 316 g/mol. The fourth-order valence-electron chi connectivity index (χ4n) is 1.48. The molecule has 2 amide bonds. The van der Waals surface area contributed by atoms with Gasteiger partial charge in [0.1, 0.15) is 17.3 Å². The number of carbonyl (C=O) groups excluding carboxylic acids is 1. The second-order valence-electron chi connectivity index (χ2n) is 3.80. The Morgan fingerprint density at radius 2 is 1.65 bits per heavy atom. The van der Waals surface area contributed by atoms with Crippen molar-refractivity contribution in [3.63, 3.8) is 0 Å². The molecule has 0 saturated carbocycles. The van der Waals surface area contributed by atoms with E-state index in [0.717, 1.165) is 12.1 Å². The van der Waals surface area contributed by atoms with E-state index in [1.54, 1.807) is 0 Å². The number of nitrogens with one attached hydrogen (secondary N) is 2. The number of hydrogen-bond donors (Lipinski definition) is 2. The molecular weight excluding hydrogens is 309 g/mol. The van der Waals surface area contributed by atoms with E-state index < -0.39 is 23.4 Å². The third-order valence-electron chi connectivity index (χ3n) is 2.38. The molecule has 0 heterocycles. The number of benzene rings is 2. The number of carbonyl (C=O) groups is 1. The molecule has 0 aliphatic rings. The summed E-state index contributed by atoms with van der Waals surface area (Å²) in [4.78, 5) is 11.7. The molecule has 0 unspecified atom stereocenters. The Balaban J connectivity index is 2.13. The Bertz CT molecular complexity index is 645. The topological polar surface area (TPSA) is 41.1 Å². The van der Waals surface area contributed by atoms with Crippen LogP contribution in [-0.2, 0) is 0 Å². The van der Waals surface area contributed by atoms with Crippen LogP contribution in [0.1, 0.15) is 0 Å². The molecule has 0 fully saturated rings. The van der Waals surface area contributed by atoms with E-state index in [1.165, 1.54) is 24.3 Å². The predicted octanol–water partition coefficient (Wildman–Crippen LogP) is 4.92. The lowest BCUT2D eigenvalue weighted by Crippen LogP contribution is -2.21. The Kier molecular flexibility index (Phi) is 4.42. The van der Waals surface area contributed by atoms with Crippen LogP contribution in [-0.4, -0.2) is 6.03 Å². The SMILES string of the molecule is O=C(Nc1ccc(Cl)cc1Cl)Nc1c(F)cccc1F. The number of hydrogen-bond acceptors (Lipinski definition) is 1. The molecular formula is C13H8Cl2F2N2O. The molecule has 0 saturated heterocycles. The number of rotatable bonds is 2. The van der Waals surface area contributed by atoms with Crippen LogP contribution >= 0.6 is 23.2 Å². The van der Waals surface area contributed by atoms with Gasteiger partial charge in [-0.05, 0) is 30.3 Å². The maximum absolute atomic E-state index is 13.4. The van der Waals surface area contributed by atoms with Gasteiger partial charge in [-0.3, -0.25) is 0 Å². The van der Waals surface area contributed by atoms with Gasteiger partial charge in [-0.1, -0.05) is 29.3 Å². The largest absolute Gasteiger partial charge is 0.323 e. The molecule has 2 aromatic rings. The number of urea groups is 1. The lowest BCUT2D eigenvalue weighted by molar-refractivity contribution is 0.262. The fourth-order valence-corrected chi connectivity index (χ4v) is 1.93. The summed E-state index contributed by atoms with van der Waals surface area (Å²) in [6, 6.07) is 6.88. The van der Waals surface area contributed by atoms with Gasteiger partial charge in [0.2, 0.25) is 0 Å². The summed E-state index contributed by atoms with van der Waals surface area (Å²) >= 11 is 11.6. The Hall–Kier alpha value is -1.85. The van der Waals surface area contributed by atoms with E-state index in [9.17, 15) is 13.6 Å². The molecule has 0 atom stereocenters. The van der Waals surface area contributed by atoms with Crippen molar-refractivity contribution in [3.05, 3.63) is 58.1 Å².